The zero-order valence-corrected chi connectivity index (χ0v) is 32.8. The Morgan fingerprint density at radius 2 is 0.934 bits per heavy atom. The second kappa shape index (κ2) is 13.1. The maximum Gasteiger partial charge on any atom is 0.235 e. The van der Waals surface area contributed by atoms with Gasteiger partial charge in [0.25, 0.3) is 0 Å². The summed E-state index contributed by atoms with van der Waals surface area (Å²) in [7, 11) is 0. The highest BCUT2D eigenvalue weighted by Gasteiger charge is 2.23. The molecule has 0 saturated carbocycles. The number of para-hydroxylation sites is 4. The Hall–Kier alpha value is -8.28. The summed E-state index contributed by atoms with van der Waals surface area (Å²) in [5, 5.41) is 7.86. The first kappa shape index (κ1) is 33.7. The largest absolute Gasteiger partial charge is 0.456 e. The van der Waals surface area contributed by atoms with Gasteiger partial charge >= 0.3 is 0 Å². The fourth-order valence-electron chi connectivity index (χ4n) is 9.58. The Morgan fingerprint density at radius 3 is 1.69 bits per heavy atom. The van der Waals surface area contributed by atoms with E-state index < -0.39 is 0 Å². The average Bonchev–Trinajstić information content (AvgIpc) is 3.99. The molecular formula is C56H34N4O. The van der Waals surface area contributed by atoms with E-state index in [4.69, 9.17) is 14.4 Å². The van der Waals surface area contributed by atoms with Crippen molar-refractivity contribution in [2.24, 2.45) is 0 Å². The van der Waals surface area contributed by atoms with Crippen molar-refractivity contribution in [3.63, 3.8) is 0 Å². The maximum atomic E-state index is 6.37. The molecule has 5 nitrogen and oxygen atoms in total. The average molecular weight is 779 g/mol. The molecule has 0 saturated heterocycles. The molecule has 4 aromatic heterocycles. The molecule has 61 heavy (non-hydrogen) atoms. The molecule has 0 N–H and O–H groups in total. The zero-order chi connectivity index (χ0) is 40.0. The van der Waals surface area contributed by atoms with Gasteiger partial charge in [0, 0.05) is 49.0 Å². The van der Waals surface area contributed by atoms with Crippen molar-refractivity contribution in [2.45, 2.75) is 0 Å². The molecule has 13 rings (SSSR count). The van der Waals surface area contributed by atoms with Gasteiger partial charge in [0.05, 0.1) is 33.3 Å². The first-order chi connectivity index (χ1) is 30.2. The van der Waals surface area contributed by atoms with Gasteiger partial charge in [-0.25, -0.2) is 9.97 Å². The summed E-state index contributed by atoms with van der Waals surface area (Å²) in [5.74, 6) is 0.615. The summed E-state index contributed by atoms with van der Waals surface area (Å²) in [4.78, 5) is 10.8. The Labute approximate surface area is 350 Å². The molecule has 0 spiro atoms. The summed E-state index contributed by atoms with van der Waals surface area (Å²) in [5.41, 5.74) is 14.6. The standard InChI is InChI=1S/C56H34N4O/c1-3-15-35(16-4-1)38-31-39(36-17-5-2-6-18-36)33-40(32-38)59-48-24-12-8-19-41(48)44-29-30-50-53(55(44)59)46-22-9-13-25-49(46)60(50)56-57-47-23-11-7-21-45(47)54(58-56)37-27-28-43-42-20-10-14-26-51(42)61-52(43)34-37/h1-34H. The first-order valence-electron chi connectivity index (χ1n) is 20.7. The lowest BCUT2D eigenvalue weighted by Crippen LogP contribution is -2.03. The van der Waals surface area contributed by atoms with E-state index in [0.717, 1.165) is 93.8 Å². The Balaban J connectivity index is 1.11. The second-order valence-electron chi connectivity index (χ2n) is 15.8. The fraction of sp³-hybridized carbons (Fsp3) is 0. The van der Waals surface area contributed by atoms with Crippen molar-refractivity contribution in [3.05, 3.63) is 206 Å². The van der Waals surface area contributed by atoms with E-state index in [1.807, 2.05) is 18.2 Å². The van der Waals surface area contributed by atoms with Crippen LogP contribution in [0.5, 0.6) is 0 Å². The molecule has 13 aromatic rings. The van der Waals surface area contributed by atoms with Gasteiger partial charge in [0.2, 0.25) is 5.95 Å². The van der Waals surface area contributed by atoms with Crippen LogP contribution in [0.15, 0.2) is 211 Å². The molecule has 4 heterocycles. The highest BCUT2D eigenvalue weighted by atomic mass is 16.3. The Kier molecular flexibility index (Phi) is 7.24. The lowest BCUT2D eigenvalue weighted by atomic mass is 9.98. The van der Waals surface area contributed by atoms with Crippen LogP contribution in [0.25, 0.3) is 122 Å². The van der Waals surface area contributed by atoms with Gasteiger partial charge in [-0.05, 0) is 82.9 Å². The molecule has 9 aromatic carbocycles. The van der Waals surface area contributed by atoms with E-state index in [1.165, 1.54) is 21.9 Å². The molecule has 0 aliphatic rings. The van der Waals surface area contributed by atoms with Crippen molar-refractivity contribution in [1.82, 2.24) is 19.1 Å². The minimum Gasteiger partial charge on any atom is -0.456 e. The zero-order valence-electron chi connectivity index (χ0n) is 32.8. The molecule has 0 unspecified atom stereocenters. The topological polar surface area (TPSA) is 48.8 Å². The number of benzene rings is 9. The van der Waals surface area contributed by atoms with Crippen molar-refractivity contribution in [2.75, 3.05) is 0 Å². The van der Waals surface area contributed by atoms with Crippen molar-refractivity contribution >= 4 is 76.5 Å². The van der Waals surface area contributed by atoms with Gasteiger partial charge in [-0.15, -0.1) is 0 Å². The molecule has 0 fully saturated rings. The van der Waals surface area contributed by atoms with E-state index in [9.17, 15) is 0 Å². The van der Waals surface area contributed by atoms with Gasteiger partial charge < -0.3 is 8.98 Å². The summed E-state index contributed by atoms with van der Waals surface area (Å²) in [6.07, 6.45) is 0. The molecule has 0 amide bonds. The van der Waals surface area contributed by atoms with E-state index in [1.54, 1.807) is 0 Å². The number of hydrogen-bond donors (Lipinski definition) is 0. The van der Waals surface area contributed by atoms with Crippen molar-refractivity contribution in [1.29, 1.82) is 0 Å². The summed E-state index contributed by atoms with van der Waals surface area (Å²) in [6, 6.07) is 73.3. The van der Waals surface area contributed by atoms with Crippen LogP contribution in [0.2, 0.25) is 0 Å². The van der Waals surface area contributed by atoms with Gasteiger partial charge in [0.15, 0.2) is 0 Å². The van der Waals surface area contributed by atoms with E-state index in [2.05, 4.69) is 197 Å². The number of hydrogen-bond acceptors (Lipinski definition) is 3. The SMILES string of the molecule is c1ccc(-c2cc(-c3ccccc3)cc(-n3c4ccccc4c4ccc5c(c6ccccc6n5-c5nc(-c6ccc7c(c6)oc6ccccc67)c6ccccc6n5)c43)c2)cc1. The van der Waals surface area contributed by atoms with Crippen LogP contribution < -0.4 is 0 Å². The molecule has 0 bridgehead atoms. The highest BCUT2D eigenvalue weighted by Crippen LogP contribution is 2.43. The fourth-order valence-corrected chi connectivity index (χ4v) is 9.58. The van der Waals surface area contributed by atoms with Crippen molar-refractivity contribution < 1.29 is 4.42 Å². The van der Waals surface area contributed by atoms with E-state index in [0.29, 0.717) is 5.95 Å². The third-order valence-corrected chi connectivity index (χ3v) is 12.3. The van der Waals surface area contributed by atoms with Crippen LogP contribution in [0, 0.1) is 0 Å². The summed E-state index contributed by atoms with van der Waals surface area (Å²) in [6.45, 7) is 0. The monoisotopic (exact) mass is 778 g/mol. The third-order valence-electron chi connectivity index (χ3n) is 12.3. The molecule has 5 heteroatoms. The lowest BCUT2D eigenvalue weighted by molar-refractivity contribution is 0.669. The normalized spacial score (nSPS) is 11.9. The minimum absolute atomic E-state index is 0.615. The predicted molar refractivity (Wildman–Crippen MR) is 252 cm³/mol. The lowest BCUT2D eigenvalue weighted by Gasteiger charge is -2.15. The number of aromatic nitrogens is 4. The summed E-state index contributed by atoms with van der Waals surface area (Å²) >= 11 is 0. The van der Waals surface area contributed by atoms with Crippen LogP contribution in [-0.4, -0.2) is 19.1 Å². The molecule has 0 aliphatic carbocycles. The Bertz CT molecular complexity index is 3820. The molecule has 0 radical (unpaired) electrons. The van der Waals surface area contributed by atoms with Crippen LogP contribution in [-0.2, 0) is 0 Å². The van der Waals surface area contributed by atoms with E-state index in [-0.39, 0.29) is 0 Å². The molecular weight excluding hydrogens is 745 g/mol. The number of rotatable bonds is 5. The van der Waals surface area contributed by atoms with Gasteiger partial charge in [0.1, 0.15) is 11.2 Å². The highest BCUT2D eigenvalue weighted by molar-refractivity contribution is 6.26. The van der Waals surface area contributed by atoms with Crippen LogP contribution in [0.3, 0.4) is 0 Å². The third kappa shape index (κ3) is 5.14. The van der Waals surface area contributed by atoms with Crippen LogP contribution >= 0.6 is 0 Å². The number of furan rings is 1. The maximum absolute atomic E-state index is 6.37. The minimum atomic E-state index is 0.615. The molecule has 284 valence electrons. The Morgan fingerprint density at radius 1 is 0.344 bits per heavy atom. The van der Waals surface area contributed by atoms with Crippen LogP contribution in [0.1, 0.15) is 0 Å². The number of fused-ring (bicyclic) bond motifs is 11. The quantitative estimate of drug-likeness (QED) is 0.175. The van der Waals surface area contributed by atoms with Crippen molar-refractivity contribution in [3.8, 4) is 45.1 Å². The first-order valence-corrected chi connectivity index (χ1v) is 20.7. The smallest absolute Gasteiger partial charge is 0.235 e. The second-order valence-corrected chi connectivity index (χ2v) is 15.8. The van der Waals surface area contributed by atoms with Gasteiger partial charge in [-0.1, -0.05) is 146 Å². The molecule has 0 aliphatic heterocycles. The van der Waals surface area contributed by atoms with Gasteiger partial charge in [-0.2, -0.15) is 0 Å². The molecule has 0 atom stereocenters. The van der Waals surface area contributed by atoms with Gasteiger partial charge in [-0.3, -0.25) is 4.57 Å². The predicted octanol–water partition coefficient (Wildman–Crippen LogP) is 14.7. The number of nitrogens with zero attached hydrogens (tertiary/aromatic N) is 4. The van der Waals surface area contributed by atoms with E-state index >= 15 is 0 Å². The van der Waals surface area contributed by atoms with Crippen LogP contribution in [0.4, 0.5) is 0 Å². The summed E-state index contributed by atoms with van der Waals surface area (Å²) < 4.78 is 11.1.